The molecule has 3 rings (SSSR count). The first-order chi connectivity index (χ1) is 10.0. The molecule has 3 N–H and O–H groups in total. The van der Waals surface area contributed by atoms with E-state index in [0.717, 1.165) is 23.6 Å². The van der Waals surface area contributed by atoms with Crippen LogP contribution in [0.25, 0.3) is 0 Å². The van der Waals surface area contributed by atoms with Gasteiger partial charge < -0.3 is 10.2 Å². The van der Waals surface area contributed by atoms with E-state index in [1.54, 1.807) is 0 Å². The van der Waals surface area contributed by atoms with Gasteiger partial charge in [0, 0.05) is 17.7 Å². The van der Waals surface area contributed by atoms with E-state index in [2.05, 4.69) is 10.5 Å². The molecule has 2 fully saturated rings. The summed E-state index contributed by atoms with van der Waals surface area (Å²) in [6.07, 6.45) is 5.08. The molecule has 0 saturated heterocycles. The fourth-order valence-electron chi connectivity index (χ4n) is 3.75. The number of fused-ring (bicyclic) bond motifs is 2. The quantitative estimate of drug-likeness (QED) is 0.590. The third kappa shape index (κ3) is 2.73. The number of carbonyl (C=O) groups excluding carboxylic acids is 1. The molecule has 2 aliphatic rings. The molecule has 0 spiro atoms. The zero-order valence-electron chi connectivity index (χ0n) is 12.0. The van der Waals surface area contributed by atoms with Crippen molar-refractivity contribution >= 4 is 11.6 Å². The molecule has 3 unspecified atom stereocenters. The third-order valence-corrected chi connectivity index (χ3v) is 4.83. The fraction of sp³-hybridized carbons (Fsp3) is 0.500. The summed E-state index contributed by atoms with van der Waals surface area (Å²) in [5.74, 6) is 1.25. The highest BCUT2D eigenvalue weighted by Crippen LogP contribution is 2.48. The molecular weight excluding hydrogens is 268 g/mol. The van der Waals surface area contributed by atoms with Crippen molar-refractivity contribution in [2.24, 2.45) is 22.9 Å². The Balaban J connectivity index is 1.66. The molecule has 2 bridgehead atoms. The molecule has 21 heavy (non-hydrogen) atoms. The Bertz CT molecular complexity index is 597. The number of carbonyl (C=O) groups is 1. The Morgan fingerprint density at radius 3 is 2.71 bits per heavy atom. The van der Waals surface area contributed by atoms with Gasteiger partial charge in [-0.15, -0.1) is 0 Å². The second-order valence-electron chi connectivity index (χ2n) is 6.18. The van der Waals surface area contributed by atoms with Crippen molar-refractivity contribution in [3.63, 3.8) is 0 Å². The van der Waals surface area contributed by atoms with Crippen LogP contribution < -0.4 is 5.43 Å². The van der Waals surface area contributed by atoms with Crippen molar-refractivity contribution in [2.45, 2.75) is 32.6 Å². The van der Waals surface area contributed by atoms with E-state index in [9.17, 15) is 15.0 Å². The minimum absolute atomic E-state index is 0.0780. The van der Waals surface area contributed by atoms with Crippen LogP contribution in [0.3, 0.4) is 0 Å². The Hall–Kier alpha value is -2.04. The van der Waals surface area contributed by atoms with Crippen LogP contribution in [-0.4, -0.2) is 21.8 Å². The summed E-state index contributed by atoms with van der Waals surface area (Å²) < 4.78 is 0. The summed E-state index contributed by atoms with van der Waals surface area (Å²) in [6, 6.07) is 3.88. The summed E-state index contributed by atoms with van der Waals surface area (Å²) >= 11 is 0. The highest BCUT2D eigenvalue weighted by Gasteiger charge is 2.40. The van der Waals surface area contributed by atoms with Gasteiger partial charge in [0.15, 0.2) is 0 Å². The molecule has 0 heterocycles. The lowest BCUT2D eigenvalue weighted by molar-refractivity contribution is 0.0951. The van der Waals surface area contributed by atoms with Crippen LogP contribution in [0.2, 0.25) is 0 Å². The van der Waals surface area contributed by atoms with Gasteiger partial charge in [-0.1, -0.05) is 6.42 Å². The Morgan fingerprint density at radius 1 is 1.29 bits per heavy atom. The molecule has 3 atom stereocenters. The number of benzene rings is 1. The normalized spacial score (nSPS) is 27.9. The van der Waals surface area contributed by atoms with Crippen LogP contribution in [0, 0.1) is 17.8 Å². The van der Waals surface area contributed by atoms with E-state index in [0.29, 0.717) is 5.92 Å². The number of nitrogens with one attached hydrogen (secondary N) is 1. The van der Waals surface area contributed by atoms with Gasteiger partial charge in [0.25, 0.3) is 5.91 Å². The fourth-order valence-corrected chi connectivity index (χ4v) is 3.75. The highest BCUT2D eigenvalue weighted by atomic mass is 16.3. The topological polar surface area (TPSA) is 81.9 Å². The maximum atomic E-state index is 12.0. The van der Waals surface area contributed by atoms with Crippen molar-refractivity contribution < 1.29 is 15.0 Å². The first kappa shape index (κ1) is 13.9. The van der Waals surface area contributed by atoms with E-state index < -0.39 is 5.91 Å². The number of nitrogens with zero attached hydrogens (tertiary/aromatic N) is 1. The van der Waals surface area contributed by atoms with Crippen molar-refractivity contribution in [3.05, 3.63) is 23.8 Å². The average Bonchev–Trinajstić information content (AvgIpc) is 3.07. The minimum Gasteiger partial charge on any atom is -0.508 e. The van der Waals surface area contributed by atoms with Crippen molar-refractivity contribution in [3.8, 4) is 11.5 Å². The molecule has 1 amide bonds. The van der Waals surface area contributed by atoms with Crippen LogP contribution in [0.5, 0.6) is 11.5 Å². The summed E-state index contributed by atoms with van der Waals surface area (Å²) in [6.45, 7) is 1.96. The largest absolute Gasteiger partial charge is 0.508 e. The Kier molecular flexibility index (Phi) is 3.57. The van der Waals surface area contributed by atoms with Gasteiger partial charge in [-0.25, -0.2) is 5.43 Å². The average molecular weight is 288 g/mol. The predicted octanol–water partition coefficient (Wildman–Crippen LogP) is 2.64. The van der Waals surface area contributed by atoms with Gasteiger partial charge in [-0.05, 0) is 50.2 Å². The number of hydrazone groups is 1. The number of phenolic OH excluding ortho intramolecular Hbond substituents is 2. The molecule has 112 valence electrons. The second-order valence-corrected chi connectivity index (χ2v) is 6.18. The summed E-state index contributed by atoms with van der Waals surface area (Å²) in [7, 11) is 0. The molecule has 5 nitrogen and oxygen atoms in total. The zero-order valence-corrected chi connectivity index (χ0v) is 12.0. The van der Waals surface area contributed by atoms with Gasteiger partial charge >= 0.3 is 0 Å². The summed E-state index contributed by atoms with van der Waals surface area (Å²) in [5.41, 5.74) is 3.58. The van der Waals surface area contributed by atoms with Crippen molar-refractivity contribution in [2.75, 3.05) is 0 Å². The lowest BCUT2D eigenvalue weighted by Gasteiger charge is -2.21. The standard InChI is InChI=1S/C16H20N2O3/c1-9(14-7-10-2-3-11(14)6-10)17-18-16(21)13-5-4-12(19)8-15(13)20/h4-5,8,10-11,14,19-20H,2-3,6-7H2,1H3,(H,18,21)/b17-9-. The van der Waals surface area contributed by atoms with Gasteiger partial charge in [0.2, 0.25) is 0 Å². The number of amides is 1. The number of rotatable bonds is 3. The lowest BCUT2D eigenvalue weighted by atomic mass is 9.86. The van der Waals surface area contributed by atoms with Gasteiger partial charge in [-0.3, -0.25) is 4.79 Å². The molecule has 0 radical (unpaired) electrons. The maximum absolute atomic E-state index is 12.0. The van der Waals surface area contributed by atoms with Crippen LogP contribution in [0.15, 0.2) is 23.3 Å². The Labute approximate surface area is 123 Å². The highest BCUT2D eigenvalue weighted by molar-refractivity contribution is 5.98. The lowest BCUT2D eigenvalue weighted by Crippen LogP contribution is -2.24. The first-order valence-corrected chi connectivity index (χ1v) is 7.41. The number of aromatic hydroxyl groups is 2. The molecule has 0 aliphatic heterocycles. The zero-order chi connectivity index (χ0) is 15.0. The van der Waals surface area contributed by atoms with Gasteiger partial charge in [0.05, 0.1) is 5.56 Å². The number of hydrogen-bond donors (Lipinski definition) is 3. The second kappa shape index (κ2) is 5.39. The summed E-state index contributed by atoms with van der Waals surface area (Å²) in [5, 5.41) is 23.1. The van der Waals surface area contributed by atoms with Crippen LogP contribution in [0.4, 0.5) is 0 Å². The van der Waals surface area contributed by atoms with Gasteiger partial charge in [-0.2, -0.15) is 5.10 Å². The molecule has 1 aromatic rings. The van der Waals surface area contributed by atoms with E-state index in [-0.39, 0.29) is 17.1 Å². The molecule has 2 saturated carbocycles. The van der Waals surface area contributed by atoms with E-state index in [4.69, 9.17) is 0 Å². The van der Waals surface area contributed by atoms with E-state index >= 15 is 0 Å². The van der Waals surface area contributed by atoms with E-state index in [1.807, 2.05) is 6.92 Å². The third-order valence-electron chi connectivity index (χ3n) is 4.83. The number of hydrogen-bond acceptors (Lipinski definition) is 4. The van der Waals surface area contributed by atoms with Gasteiger partial charge in [0.1, 0.15) is 11.5 Å². The smallest absolute Gasteiger partial charge is 0.275 e. The molecule has 1 aromatic carbocycles. The molecule has 0 aromatic heterocycles. The van der Waals surface area contributed by atoms with Crippen LogP contribution >= 0.6 is 0 Å². The molecule has 5 heteroatoms. The Morgan fingerprint density at radius 2 is 2.10 bits per heavy atom. The predicted molar refractivity (Wildman–Crippen MR) is 79.3 cm³/mol. The van der Waals surface area contributed by atoms with Crippen molar-refractivity contribution in [1.29, 1.82) is 0 Å². The minimum atomic E-state index is -0.463. The summed E-state index contributed by atoms with van der Waals surface area (Å²) in [4.78, 5) is 12.0. The number of phenols is 2. The molecule has 2 aliphatic carbocycles. The maximum Gasteiger partial charge on any atom is 0.275 e. The monoisotopic (exact) mass is 288 g/mol. The first-order valence-electron chi connectivity index (χ1n) is 7.41. The van der Waals surface area contributed by atoms with Crippen LogP contribution in [-0.2, 0) is 0 Å². The van der Waals surface area contributed by atoms with E-state index in [1.165, 1.54) is 37.8 Å². The SMILES string of the molecule is C/C(=N/NC(=O)c1ccc(O)cc1O)C1CC2CCC1C2. The van der Waals surface area contributed by atoms with Crippen molar-refractivity contribution in [1.82, 2.24) is 5.43 Å². The molecular formula is C16H20N2O3. The van der Waals surface area contributed by atoms with Crippen LogP contribution in [0.1, 0.15) is 43.0 Å².